The molecule has 0 aliphatic rings. The number of rotatable bonds is 5. The second kappa shape index (κ2) is 8.19. The molecule has 3 rings (SSSR count). The number of amides is 1. The first-order chi connectivity index (χ1) is 13.3. The highest BCUT2D eigenvalue weighted by molar-refractivity contribution is 6.32. The number of hydrogen-bond acceptors (Lipinski definition) is 2. The molecule has 0 unspecified atom stereocenters. The van der Waals surface area contributed by atoms with E-state index in [9.17, 15) is 4.79 Å². The predicted molar refractivity (Wildman–Crippen MR) is 115 cm³/mol. The van der Waals surface area contributed by atoms with Gasteiger partial charge in [0.2, 0.25) is 0 Å². The van der Waals surface area contributed by atoms with Crippen LogP contribution in [0.4, 0.5) is 0 Å². The lowest BCUT2D eigenvalue weighted by molar-refractivity contribution is 0.0922. The Hall–Kier alpha value is -2.59. The number of hydrogen-bond donors (Lipinski definition) is 1. The lowest BCUT2D eigenvalue weighted by Crippen LogP contribution is -2.37. The minimum atomic E-state index is -0.163. The molecule has 1 atom stereocenters. The van der Waals surface area contributed by atoms with Crippen molar-refractivity contribution in [2.45, 2.75) is 40.7 Å². The maximum Gasteiger partial charge on any atom is 0.270 e. The van der Waals surface area contributed by atoms with Crippen molar-refractivity contribution in [3.63, 3.8) is 0 Å². The SMILES string of the molecule is Cc1ccc(-c2cc(C(=O)N[C@@H](C)C(C)C)n(-c3ccccc3Cl)n2)cc1C. The Labute approximate surface area is 171 Å². The average molecular weight is 396 g/mol. The molecule has 3 aromatic rings. The van der Waals surface area contributed by atoms with E-state index in [0.717, 1.165) is 11.3 Å². The molecule has 5 heteroatoms. The van der Waals surface area contributed by atoms with Gasteiger partial charge in [0.05, 0.1) is 16.4 Å². The molecule has 0 bridgehead atoms. The molecule has 1 N–H and O–H groups in total. The number of para-hydroxylation sites is 1. The van der Waals surface area contributed by atoms with E-state index >= 15 is 0 Å². The molecule has 1 aromatic heterocycles. The van der Waals surface area contributed by atoms with Gasteiger partial charge in [-0.1, -0.05) is 49.7 Å². The summed E-state index contributed by atoms with van der Waals surface area (Å²) in [7, 11) is 0. The van der Waals surface area contributed by atoms with Crippen LogP contribution in [0, 0.1) is 19.8 Å². The van der Waals surface area contributed by atoms with E-state index in [1.54, 1.807) is 10.7 Å². The van der Waals surface area contributed by atoms with E-state index in [0.29, 0.717) is 22.3 Å². The minimum absolute atomic E-state index is 0.0483. The van der Waals surface area contributed by atoms with Crippen LogP contribution in [0.5, 0.6) is 0 Å². The summed E-state index contributed by atoms with van der Waals surface area (Å²) in [5.41, 5.74) is 5.27. The zero-order chi connectivity index (χ0) is 20.4. The Morgan fingerprint density at radius 3 is 2.39 bits per heavy atom. The van der Waals surface area contributed by atoms with Crippen molar-refractivity contribution in [2.24, 2.45) is 5.92 Å². The van der Waals surface area contributed by atoms with Crippen molar-refractivity contribution in [3.8, 4) is 16.9 Å². The number of nitrogens with zero attached hydrogens (tertiary/aromatic N) is 2. The van der Waals surface area contributed by atoms with Gasteiger partial charge in [-0.3, -0.25) is 4.79 Å². The van der Waals surface area contributed by atoms with Crippen molar-refractivity contribution >= 4 is 17.5 Å². The minimum Gasteiger partial charge on any atom is -0.348 e. The quantitative estimate of drug-likeness (QED) is 0.612. The van der Waals surface area contributed by atoms with Gasteiger partial charge in [-0.2, -0.15) is 5.10 Å². The maximum absolute atomic E-state index is 13.0. The molecular formula is C23H26ClN3O. The Balaban J connectivity index is 2.11. The molecular weight excluding hydrogens is 370 g/mol. The van der Waals surface area contributed by atoms with Crippen LogP contribution in [0.1, 0.15) is 42.4 Å². The summed E-state index contributed by atoms with van der Waals surface area (Å²) in [6.45, 7) is 10.3. The lowest BCUT2D eigenvalue weighted by Gasteiger charge is -2.17. The third kappa shape index (κ3) is 4.12. The monoisotopic (exact) mass is 395 g/mol. The summed E-state index contributed by atoms with van der Waals surface area (Å²) < 4.78 is 1.63. The van der Waals surface area contributed by atoms with Crippen molar-refractivity contribution in [2.75, 3.05) is 0 Å². The number of halogens is 1. The van der Waals surface area contributed by atoms with Crippen LogP contribution >= 0.6 is 11.6 Å². The van der Waals surface area contributed by atoms with E-state index in [4.69, 9.17) is 16.7 Å². The smallest absolute Gasteiger partial charge is 0.270 e. The highest BCUT2D eigenvalue weighted by Crippen LogP contribution is 2.27. The molecule has 0 saturated heterocycles. The van der Waals surface area contributed by atoms with Gasteiger partial charge in [-0.15, -0.1) is 0 Å². The van der Waals surface area contributed by atoms with Gasteiger partial charge in [0.15, 0.2) is 0 Å². The van der Waals surface area contributed by atoms with Crippen LogP contribution < -0.4 is 5.32 Å². The summed E-state index contributed by atoms with van der Waals surface area (Å²) in [5, 5.41) is 8.34. The molecule has 0 aliphatic carbocycles. The number of benzene rings is 2. The van der Waals surface area contributed by atoms with Crippen LogP contribution in [-0.4, -0.2) is 21.7 Å². The van der Waals surface area contributed by atoms with Crippen LogP contribution in [0.2, 0.25) is 5.02 Å². The number of aryl methyl sites for hydroxylation is 2. The Kier molecular flexibility index (Phi) is 5.90. The summed E-state index contributed by atoms with van der Waals surface area (Å²) in [6, 6.07) is 15.5. The third-order valence-electron chi connectivity index (χ3n) is 5.18. The van der Waals surface area contributed by atoms with Crippen molar-refractivity contribution in [1.29, 1.82) is 0 Å². The molecule has 0 fully saturated rings. The van der Waals surface area contributed by atoms with E-state index in [2.05, 4.69) is 45.1 Å². The first kappa shape index (κ1) is 20.2. The average Bonchev–Trinajstić information content (AvgIpc) is 3.09. The van der Waals surface area contributed by atoms with E-state index in [-0.39, 0.29) is 11.9 Å². The Morgan fingerprint density at radius 2 is 1.75 bits per heavy atom. The van der Waals surface area contributed by atoms with Crippen molar-refractivity contribution < 1.29 is 4.79 Å². The zero-order valence-electron chi connectivity index (χ0n) is 17.0. The van der Waals surface area contributed by atoms with Crippen LogP contribution in [-0.2, 0) is 0 Å². The van der Waals surface area contributed by atoms with Gasteiger partial charge in [0.25, 0.3) is 5.91 Å². The van der Waals surface area contributed by atoms with E-state index < -0.39 is 0 Å². The summed E-state index contributed by atoms with van der Waals surface area (Å²) in [5.74, 6) is 0.170. The summed E-state index contributed by atoms with van der Waals surface area (Å²) >= 11 is 6.40. The highest BCUT2D eigenvalue weighted by Gasteiger charge is 2.21. The highest BCUT2D eigenvalue weighted by atomic mass is 35.5. The van der Waals surface area contributed by atoms with E-state index in [1.807, 2.05) is 37.3 Å². The number of nitrogens with one attached hydrogen (secondary N) is 1. The summed E-state index contributed by atoms with van der Waals surface area (Å²) in [4.78, 5) is 13.0. The van der Waals surface area contributed by atoms with Gasteiger partial charge in [0, 0.05) is 11.6 Å². The first-order valence-corrected chi connectivity index (χ1v) is 9.89. The Morgan fingerprint density at radius 1 is 1.04 bits per heavy atom. The Bertz CT molecular complexity index is 1010. The fourth-order valence-electron chi connectivity index (χ4n) is 2.84. The zero-order valence-corrected chi connectivity index (χ0v) is 17.7. The standard InChI is InChI=1S/C23H26ClN3O/c1-14(2)17(5)25-23(28)22-13-20(18-11-10-15(3)16(4)12-18)26-27(22)21-9-7-6-8-19(21)24/h6-14,17H,1-5H3,(H,25,28)/t17-/m0/s1. The normalized spacial score (nSPS) is 12.2. The molecule has 1 amide bonds. The second-order valence-corrected chi connectivity index (χ2v) is 7.99. The molecule has 2 aromatic carbocycles. The first-order valence-electron chi connectivity index (χ1n) is 9.51. The van der Waals surface area contributed by atoms with Gasteiger partial charge in [0.1, 0.15) is 5.69 Å². The van der Waals surface area contributed by atoms with Crippen LogP contribution in [0.25, 0.3) is 16.9 Å². The maximum atomic E-state index is 13.0. The molecule has 0 spiro atoms. The number of carbonyl (C=O) groups excluding carboxylic acids is 1. The molecule has 0 aliphatic heterocycles. The number of aromatic nitrogens is 2. The van der Waals surface area contributed by atoms with Gasteiger partial charge in [-0.05, 0) is 62.1 Å². The summed E-state index contributed by atoms with van der Waals surface area (Å²) in [6.07, 6.45) is 0. The van der Waals surface area contributed by atoms with Gasteiger partial charge < -0.3 is 5.32 Å². The van der Waals surface area contributed by atoms with Gasteiger partial charge in [-0.25, -0.2) is 4.68 Å². The topological polar surface area (TPSA) is 46.9 Å². The van der Waals surface area contributed by atoms with E-state index in [1.165, 1.54) is 11.1 Å². The van der Waals surface area contributed by atoms with Crippen molar-refractivity contribution in [3.05, 3.63) is 70.4 Å². The van der Waals surface area contributed by atoms with Crippen LogP contribution in [0.3, 0.4) is 0 Å². The lowest BCUT2D eigenvalue weighted by atomic mass is 10.0. The fourth-order valence-corrected chi connectivity index (χ4v) is 3.05. The molecule has 4 nitrogen and oxygen atoms in total. The third-order valence-corrected chi connectivity index (χ3v) is 5.50. The second-order valence-electron chi connectivity index (χ2n) is 7.58. The van der Waals surface area contributed by atoms with Crippen molar-refractivity contribution in [1.82, 2.24) is 15.1 Å². The number of carbonyl (C=O) groups is 1. The largest absolute Gasteiger partial charge is 0.348 e. The molecule has 0 radical (unpaired) electrons. The van der Waals surface area contributed by atoms with Crippen LogP contribution in [0.15, 0.2) is 48.5 Å². The molecule has 146 valence electrons. The fraction of sp³-hybridized carbons (Fsp3) is 0.304. The van der Waals surface area contributed by atoms with Gasteiger partial charge >= 0.3 is 0 Å². The molecule has 28 heavy (non-hydrogen) atoms. The predicted octanol–water partition coefficient (Wildman–Crippen LogP) is 5.58. The molecule has 0 saturated carbocycles. The molecule has 1 heterocycles.